The minimum Gasteiger partial charge on any atom is -0.482 e. The van der Waals surface area contributed by atoms with Gasteiger partial charge in [0.1, 0.15) is 17.1 Å². The van der Waals surface area contributed by atoms with Crippen LogP contribution in [-0.4, -0.2) is 34.3 Å². The van der Waals surface area contributed by atoms with E-state index in [0.717, 1.165) is 27.1 Å². The standard InChI is InChI=1S/C28H27F3N2O4S/c1-18-15-21(13-14-25(18)35-16-26(34)37-27(2,3)4)38-17-23-22-7-5-6-8-24(22)33(32-23)19-9-11-20(12-10-19)36-28(29,30)31/h5-15H,16-17H2,1-4H3. The predicted octanol–water partition coefficient (Wildman–Crippen LogP) is 7.25. The van der Waals surface area contributed by atoms with Crippen LogP contribution >= 0.6 is 11.8 Å². The Morgan fingerprint density at radius 1 is 1.00 bits per heavy atom. The van der Waals surface area contributed by atoms with Crippen LogP contribution in [0.15, 0.2) is 71.6 Å². The van der Waals surface area contributed by atoms with Crippen molar-refractivity contribution < 1.29 is 32.2 Å². The molecule has 0 amide bonds. The molecule has 1 aromatic heterocycles. The molecule has 0 aliphatic heterocycles. The van der Waals surface area contributed by atoms with Crippen LogP contribution in [0.3, 0.4) is 0 Å². The van der Waals surface area contributed by atoms with Crippen LogP contribution in [0.4, 0.5) is 13.2 Å². The first-order valence-corrected chi connectivity index (χ1v) is 12.8. The van der Waals surface area contributed by atoms with Gasteiger partial charge in [-0.1, -0.05) is 18.2 Å². The van der Waals surface area contributed by atoms with E-state index in [-0.39, 0.29) is 12.4 Å². The predicted molar refractivity (Wildman–Crippen MR) is 140 cm³/mol. The Morgan fingerprint density at radius 3 is 2.37 bits per heavy atom. The summed E-state index contributed by atoms with van der Waals surface area (Å²) in [6, 6.07) is 19.0. The average Bonchev–Trinajstić information content (AvgIpc) is 3.19. The summed E-state index contributed by atoms with van der Waals surface area (Å²) in [6.45, 7) is 7.15. The molecule has 0 radical (unpaired) electrons. The quantitative estimate of drug-likeness (QED) is 0.172. The van der Waals surface area contributed by atoms with Gasteiger partial charge in [-0.3, -0.25) is 0 Å². The molecule has 38 heavy (non-hydrogen) atoms. The first-order valence-electron chi connectivity index (χ1n) is 11.8. The molecule has 4 aromatic rings. The minimum atomic E-state index is -4.74. The van der Waals surface area contributed by atoms with Crippen molar-refractivity contribution in [3.8, 4) is 17.2 Å². The number of benzene rings is 3. The maximum Gasteiger partial charge on any atom is 0.573 e. The van der Waals surface area contributed by atoms with Crippen LogP contribution < -0.4 is 9.47 Å². The number of fused-ring (bicyclic) bond motifs is 1. The number of carbonyl (C=O) groups is 1. The summed E-state index contributed by atoms with van der Waals surface area (Å²) in [5, 5.41) is 5.70. The number of esters is 1. The number of aryl methyl sites for hydroxylation is 1. The lowest BCUT2D eigenvalue weighted by Gasteiger charge is -2.19. The lowest BCUT2D eigenvalue weighted by atomic mass is 10.2. The maximum atomic E-state index is 12.5. The Labute approximate surface area is 222 Å². The number of thioether (sulfide) groups is 1. The van der Waals surface area contributed by atoms with Crippen molar-refractivity contribution in [2.45, 2.75) is 50.3 Å². The van der Waals surface area contributed by atoms with Gasteiger partial charge in [0.15, 0.2) is 6.61 Å². The van der Waals surface area contributed by atoms with E-state index in [1.54, 1.807) is 37.2 Å². The molecule has 3 aromatic carbocycles. The number of nitrogens with zero attached hydrogens (tertiary/aromatic N) is 2. The molecular weight excluding hydrogens is 517 g/mol. The van der Waals surface area contributed by atoms with Gasteiger partial charge in [0.2, 0.25) is 0 Å². The molecule has 200 valence electrons. The van der Waals surface area contributed by atoms with E-state index in [0.29, 0.717) is 17.2 Å². The molecule has 0 spiro atoms. The highest BCUT2D eigenvalue weighted by Gasteiger charge is 2.31. The van der Waals surface area contributed by atoms with E-state index in [2.05, 4.69) is 4.74 Å². The normalized spacial score (nSPS) is 12.0. The summed E-state index contributed by atoms with van der Waals surface area (Å²) >= 11 is 1.59. The molecular formula is C28H27F3N2O4S. The zero-order valence-corrected chi connectivity index (χ0v) is 22.2. The molecule has 0 unspecified atom stereocenters. The third kappa shape index (κ3) is 7.22. The second-order valence-corrected chi connectivity index (χ2v) is 10.6. The van der Waals surface area contributed by atoms with Crippen LogP contribution in [0.5, 0.6) is 11.5 Å². The molecule has 0 saturated carbocycles. The first-order chi connectivity index (χ1) is 17.9. The van der Waals surface area contributed by atoms with Gasteiger partial charge in [-0.15, -0.1) is 24.9 Å². The number of hydrogen-bond donors (Lipinski definition) is 0. The largest absolute Gasteiger partial charge is 0.573 e. The molecule has 10 heteroatoms. The highest BCUT2D eigenvalue weighted by molar-refractivity contribution is 7.98. The van der Waals surface area contributed by atoms with Crippen LogP contribution in [-0.2, 0) is 15.3 Å². The highest BCUT2D eigenvalue weighted by atomic mass is 32.2. The topological polar surface area (TPSA) is 62.6 Å². The third-order valence-corrected chi connectivity index (χ3v) is 6.27. The molecule has 0 atom stereocenters. The number of ether oxygens (including phenoxy) is 3. The lowest BCUT2D eigenvalue weighted by Crippen LogP contribution is -2.27. The molecule has 1 heterocycles. The van der Waals surface area contributed by atoms with E-state index in [9.17, 15) is 18.0 Å². The van der Waals surface area contributed by atoms with Crippen LogP contribution in [0.1, 0.15) is 32.0 Å². The number of aromatic nitrogens is 2. The first kappa shape index (κ1) is 27.4. The van der Waals surface area contributed by atoms with E-state index in [1.165, 1.54) is 24.3 Å². The molecule has 0 aliphatic carbocycles. The van der Waals surface area contributed by atoms with Gasteiger partial charge in [0.05, 0.1) is 16.9 Å². The second-order valence-electron chi connectivity index (χ2n) is 9.51. The third-order valence-electron chi connectivity index (χ3n) is 5.27. The summed E-state index contributed by atoms with van der Waals surface area (Å²) in [4.78, 5) is 12.9. The van der Waals surface area contributed by atoms with Gasteiger partial charge in [-0.25, -0.2) is 9.48 Å². The number of rotatable bonds is 8. The van der Waals surface area contributed by atoms with Crippen molar-refractivity contribution >= 4 is 28.6 Å². The Kier molecular flexibility index (Phi) is 7.91. The summed E-state index contributed by atoms with van der Waals surface area (Å²) in [7, 11) is 0. The fraction of sp³-hybridized carbons (Fsp3) is 0.286. The summed E-state index contributed by atoms with van der Waals surface area (Å²) in [6.07, 6.45) is -4.74. The number of halogens is 3. The Morgan fingerprint density at radius 2 is 1.71 bits per heavy atom. The van der Waals surface area contributed by atoms with Gasteiger partial charge in [0.25, 0.3) is 0 Å². The molecule has 0 bridgehead atoms. The second kappa shape index (κ2) is 11.0. The van der Waals surface area contributed by atoms with Crippen LogP contribution in [0.25, 0.3) is 16.6 Å². The minimum absolute atomic E-state index is 0.169. The van der Waals surface area contributed by atoms with Gasteiger partial charge < -0.3 is 14.2 Å². The van der Waals surface area contributed by atoms with Crippen molar-refractivity contribution in [3.05, 3.63) is 78.0 Å². The van der Waals surface area contributed by atoms with E-state index < -0.39 is 17.9 Å². The van der Waals surface area contributed by atoms with Crippen molar-refractivity contribution in [1.82, 2.24) is 9.78 Å². The van der Waals surface area contributed by atoms with Crippen molar-refractivity contribution in [1.29, 1.82) is 0 Å². The SMILES string of the molecule is Cc1cc(SCc2nn(-c3ccc(OC(F)(F)F)cc3)c3ccccc23)ccc1OCC(=O)OC(C)(C)C. The molecule has 6 nitrogen and oxygen atoms in total. The number of carbonyl (C=O) groups excluding carboxylic acids is 1. The smallest absolute Gasteiger partial charge is 0.482 e. The van der Waals surface area contributed by atoms with Crippen molar-refractivity contribution in [2.75, 3.05) is 6.61 Å². The fourth-order valence-corrected chi connectivity index (χ4v) is 4.70. The van der Waals surface area contributed by atoms with Crippen molar-refractivity contribution in [3.63, 3.8) is 0 Å². The lowest BCUT2D eigenvalue weighted by molar-refractivity contribution is -0.274. The van der Waals surface area contributed by atoms with Gasteiger partial charge in [-0.05, 0) is 81.8 Å². The number of para-hydroxylation sites is 1. The van der Waals surface area contributed by atoms with Crippen LogP contribution in [0.2, 0.25) is 0 Å². The summed E-state index contributed by atoms with van der Waals surface area (Å²) in [5.41, 5.74) is 2.61. The highest BCUT2D eigenvalue weighted by Crippen LogP contribution is 2.31. The van der Waals surface area contributed by atoms with Crippen molar-refractivity contribution in [2.24, 2.45) is 0 Å². The summed E-state index contributed by atoms with van der Waals surface area (Å²) in [5.74, 6) is 0.455. The fourth-order valence-electron chi connectivity index (χ4n) is 3.76. The molecule has 0 aliphatic rings. The number of alkyl halides is 3. The van der Waals surface area contributed by atoms with E-state index in [1.807, 2.05) is 49.4 Å². The Hall–Kier alpha value is -3.66. The molecule has 4 rings (SSSR count). The van der Waals surface area contributed by atoms with Crippen LogP contribution in [0, 0.1) is 6.92 Å². The Balaban J connectivity index is 1.46. The van der Waals surface area contributed by atoms with E-state index in [4.69, 9.17) is 14.6 Å². The Bertz CT molecular complexity index is 1430. The van der Waals surface area contributed by atoms with Gasteiger partial charge in [-0.2, -0.15) is 5.10 Å². The average molecular weight is 545 g/mol. The van der Waals surface area contributed by atoms with Gasteiger partial charge >= 0.3 is 12.3 Å². The summed E-state index contributed by atoms with van der Waals surface area (Å²) < 4.78 is 54.1. The molecule has 0 saturated heterocycles. The molecule has 0 fully saturated rings. The molecule has 0 N–H and O–H groups in total. The van der Waals surface area contributed by atoms with E-state index >= 15 is 0 Å². The van der Waals surface area contributed by atoms with Gasteiger partial charge in [0, 0.05) is 16.0 Å². The monoisotopic (exact) mass is 544 g/mol. The zero-order chi connectivity index (χ0) is 27.5. The zero-order valence-electron chi connectivity index (χ0n) is 21.3. The maximum absolute atomic E-state index is 12.5. The number of hydrogen-bond acceptors (Lipinski definition) is 6.